The molecule has 0 saturated carbocycles. The third-order valence-electron chi connectivity index (χ3n) is 3.11. The second-order valence-electron chi connectivity index (χ2n) is 4.65. The molecule has 1 aromatic carbocycles. The van der Waals surface area contributed by atoms with Gasteiger partial charge < -0.3 is 4.42 Å². The Kier molecular flexibility index (Phi) is 3.25. The van der Waals surface area contributed by atoms with Gasteiger partial charge in [0.05, 0.1) is 11.4 Å². The summed E-state index contributed by atoms with van der Waals surface area (Å²) in [6.07, 6.45) is 5.50. The van der Waals surface area contributed by atoms with Gasteiger partial charge in [0.25, 0.3) is 0 Å². The van der Waals surface area contributed by atoms with Crippen molar-refractivity contribution >= 4 is 34.6 Å². The number of benzene rings is 1. The number of rotatable bonds is 3. The van der Waals surface area contributed by atoms with Crippen molar-refractivity contribution in [2.75, 3.05) is 0 Å². The van der Waals surface area contributed by atoms with Crippen LogP contribution in [0.3, 0.4) is 0 Å². The lowest BCUT2D eigenvalue weighted by Crippen LogP contribution is -1.80. The predicted octanol–water partition coefficient (Wildman–Crippen LogP) is 4.52. The summed E-state index contributed by atoms with van der Waals surface area (Å²) in [7, 11) is 0. The topological polar surface area (TPSA) is 51.8 Å². The van der Waals surface area contributed by atoms with E-state index in [1.165, 1.54) is 0 Å². The highest BCUT2D eigenvalue weighted by atomic mass is 32.1. The third-order valence-corrected chi connectivity index (χ3v) is 4.00. The highest BCUT2D eigenvalue weighted by Crippen LogP contribution is 2.23. The summed E-state index contributed by atoms with van der Waals surface area (Å²) in [5.41, 5.74) is 3.39. The number of thiazole rings is 1. The summed E-state index contributed by atoms with van der Waals surface area (Å²) < 4.78 is 5.65. The first-order valence-electron chi connectivity index (χ1n) is 6.79. The molecule has 0 spiro atoms. The van der Waals surface area contributed by atoms with Crippen LogP contribution in [-0.4, -0.2) is 15.0 Å². The lowest BCUT2D eigenvalue weighted by molar-refractivity contribution is 0.589. The van der Waals surface area contributed by atoms with E-state index in [0.29, 0.717) is 5.89 Å². The van der Waals surface area contributed by atoms with Crippen molar-refractivity contribution in [2.24, 2.45) is 0 Å². The molecule has 0 bridgehead atoms. The van der Waals surface area contributed by atoms with E-state index in [9.17, 15) is 0 Å². The van der Waals surface area contributed by atoms with Gasteiger partial charge in [0.1, 0.15) is 10.5 Å². The molecule has 0 unspecified atom stereocenters. The van der Waals surface area contributed by atoms with Crippen LogP contribution >= 0.6 is 11.3 Å². The quantitative estimate of drug-likeness (QED) is 0.558. The van der Waals surface area contributed by atoms with Crippen LogP contribution in [0.5, 0.6) is 0 Å². The minimum absolute atomic E-state index is 0.577. The smallest absolute Gasteiger partial charge is 0.220 e. The monoisotopic (exact) mass is 305 g/mol. The van der Waals surface area contributed by atoms with E-state index in [-0.39, 0.29) is 0 Å². The Hall–Kier alpha value is -2.79. The van der Waals surface area contributed by atoms with Gasteiger partial charge in [-0.1, -0.05) is 18.2 Å². The fraction of sp³-hybridized carbons (Fsp3) is 0. The molecule has 106 valence electrons. The number of aromatic nitrogens is 3. The molecule has 0 aliphatic heterocycles. The lowest BCUT2D eigenvalue weighted by Gasteiger charge is -1.91. The van der Waals surface area contributed by atoms with Gasteiger partial charge >= 0.3 is 0 Å². The van der Waals surface area contributed by atoms with Crippen molar-refractivity contribution in [1.29, 1.82) is 0 Å². The van der Waals surface area contributed by atoms with Crippen molar-refractivity contribution in [3.8, 4) is 10.7 Å². The standard InChI is InChI=1S/C17H11N3OS/c1-2-7-15-13(5-1)20-16(21-15)9-8-12-11-22-17(19-12)14-6-3-4-10-18-14/h1-11H/b9-8+. The van der Waals surface area contributed by atoms with E-state index in [0.717, 1.165) is 27.5 Å². The zero-order valence-electron chi connectivity index (χ0n) is 11.5. The Labute approximate surface area is 130 Å². The van der Waals surface area contributed by atoms with Gasteiger partial charge in [0.15, 0.2) is 5.58 Å². The summed E-state index contributed by atoms with van der Waals surface area (Å²) in [4.78, 5) is 13.3. The number of hydrogen-bond donors (Lipinski definition) is 0. The van der Waals surface area contributed by atoms with Gasteiger partial charge in [-0.25, -0.2) is 9.97 Å². The summed E-state index contributed by atoms with van der Waals surface area (Å²) in [5.74, 6) is 0.577. The summed E-state index contributed by atoms with van der Waals surface area (Å²) in [6.45, 7) is 0. The molecule has 0 atom stereocenters. The summed E-state index contributed by atoms with van der Waals surface area (Å²) >= 11 is 1.57. The third kappa shape index (κ3) is 2.54. The average Bonchev–Trinajstić information content (AvgIpc) is 3.20. The number of hydrogen-bond acceptors (Lipinski definition) is 5. The molecule has 0 fully saturated rings. The van der Waals surface area contributed by atoms with Crippen LogP contribution in [-0.2, 0) is 0 Å². The fourth-order valence-electron chi connectivity index (χ4n) is 2.09. The molecule has 0 aliphatic rings. The molecule has 0 saturated heterocycles. The number of para-hydroxylation sites is 2. The van der Waals surface area contributed by atoms with Crippen molar-refractivity contribution in [3.63, 3.8) is 0 Å². The lowest BCUT2D eigenvalue weighted by atomic mass is 10.3. The van der Waals surface area contributed by atoms with Crippen molar-refractivity contribution in [2.45, 2.75) is 0 Å². The minimum Gasteiger partial charge on any atom is -0.437 e. The number of pyridine rings is 1. The molecule has 0 amide bonds. The first-order chi connectivity index (χ1) is 10.9. The van der Waals surface area contributed by atoms with E-state index in [1.54, 1.807) is 17.5 Å². The Morgan fingerprint density at radius 2 is 1.86 bits per heavy atom. The largest absolute Gasteiger partial charge is 0.437 e. The van der Waals surface area contributed by atoms with Gasteiger partial charge in [-0.05, 0) is 30.3 Å². The molecule has 4 nitrogen and oxygen atoms in total. The maximum absolute atomic E-state index is 5.65. The molecule has 0 radical (unpaired) electrons. The second kappa shape index (κ2) is 5.54. The van der Waals surface area contributed by atoms with Gasteiger partial charge in [0.2, 0.25) is 5.89 Å². The van der Waals surface area contributed by atoms with Gasteiger partial charge in [-0.3, -0.25) is 4.98 Å². The summed E-state index contributed by atoms with van der Waals surface area (Å²) in [6, 6.07) is 13.5. The molecule has 0 N–H and O–H groups in total. The molecule has 4 aromatic rings. The molecular formula is C17H11N3OS. The molecule has 3 heterocycles. The Morgan fingerprint density at radius 1 is 0.955 bits per heavy atom. The number of fused-ring (bicyclic) bond motifs is 1. The summed E-state index contributed by atoms with van der Waals surface area (Å²) in [5, 5.41) is 2.89. The average molecular weight is 305 g/mol. The molecule has 4 rings (SSSR count). The van der Waals surface area contributed by atoms with E-state index in [1.807, 2.05) is 60.0 Å². The molecule has 5 heteroatoms. The zero-order chi connectivity index (χ0) is 14.8. The van der Waals surface area contributed by atoms with Gasteiger partial charge in [-0.2, -0.15) is 0 Å². The molecular weight excluding hydrogens is 294 g/mol. The normalized spacial score (nSPS) is 11.5. The molecule has 22 heavy (non-hydrogen) atoms. The van der Waals surface area contributed by atoms with Crippen molar-refractivity contribution in [3.05, 3.63) is 65.6 Å². The molecule has 0 aliphatic carbocycles. The zero-order valence-corrected chi connectivity index (χ0v) is 12.3. The van der Waals surface area contributed by atoms with Crippen LogP contribution in [0.4, 0.5) is 0 Å². The first-order valence-corrected chi connectivity index (χ1v) is 7.67. The van der Waals surface area contributed by atoms with Gasteiger partial charge in [-0.15, -0.1) is 11.3 Å². The number of nitrogens with zero attached hydrogens (tertiary/aromatic N) is 3. The van der Waals surface area contributed by atoms with Crippen LogP contribution in [0.2, 0.25) is 0 Å². The number of oxazole rings is 1. The van der Waals surface area contributed by atoms with Crippen LogP contribution in [0.15, 0.2) is 58.5 Å². The van der Waals surface area contributed by atoms with Gasteiger partial charge in [0, 0.05) is 17.7 Å². The Morgan fingerprint density at radius 3 is 2.73 bits per heavy atom. The highest BCUT2D eigenvalue weighted by molar-refractivity contribution is 7.13. The van der Waals surface area contributed by atoms with Crippen molar-refractivity contribution in [1.82, 2.24) is 15.0 Å². The van der Waals surface area contributed by atoms with E-state index in [2.05, 4.69) is 15.0 Å². The van der Waals surface area contributed by atoms with Crippen LogP contribution in [0, 0.1) is 0 Å². The van der Waals surface area contributed by atoms with E-state index < -0.39 is 0 Å². The first kappa shape index (κ1) is 12.9. The van der Waals surface area contributed by atoms with Crippen LogP contribution in [0.25, 0.3) is 34.0 Å². The maximum Gasteiger partial charge on any atom is 0.220 e. The predicted molar refractivity (Wildman–Crippen MR) is 88.3 cm³/mol. The van der Waals surface area contributed by atoms with Crippen molar-refractivity contribution < 1.29 is 4.42 Å². The minimum atomic E-state index is 0.577. The maximum atomic E-state index is 5.65. The SMILES string of the molecule is C(=C\c1nc2ccccc2o1)/c1csc(-c2ccccn2)n1. The molecule has 3 aromatic heterocycles. The Bertz CT molecular complexity index is 908. The Balaban J connectivity index is 1.59. The van der Waals surface area contributed by atoms with Crippen LogP contribution in [0.1, 0.15) is 11.6 Å². The highest BCUT2D eigenvalue weighted by Gasteiger charge is 2.04. The van der Waals surface area contributed by atoms with E-state index >= 15 is 0 Å². The fourth-order valence-corrected chi connectivity index (χ4v) is 2.85. The van der Waals surface area contributed by atoms with Crippen LogP contribution < -0.4 is 0 Å². The van der Waals surface area contributed by atoms with E-state index in [4.69, 9.17) is 4.42 Å². The second-order valence-corrected chi connectivity index (χ2v) is 5.50.